The van der Waals surface area contributed by atoms with Gasteiger partial charge >= 0.3 is 0 Å². The summed E-state index contributed by atoms with van der Waals surface area (Å²) in [6, 6.07) is 7.55. The third-order valence-electron chi connectivity index (χ3n) is 1.42. The van der Waals surface area contributed by atoms with Gasteiger partial charge in [0.2, 0.25) is 0 Å². The van der Waals surface area contributed by atoms with Crippen molar-refractivity contribution in [2.45, 2.75) is 0 Å². The Balaban J connectivity index is 2.71. The van der Waals surface area contributed by atoms with Crippen LogP contribution in [-0.4, -0.2) is 20.4 Å². The second-order valence-electron chi connectivity index (χ2n) is 2.19. The number of benzene rings is 1. The average Bonchev–Trinajstić information content (AvgIpc) is 2.15. The van der Waals surface area contributed by atoms with Crippen LogP contribution in [0.4, 0.5) is 0 Å². The van der Waals surface area contributed by atoms with Crippen molar-refractivity contribution in [1.29, 1.82) is 0 Å². The van der Waals surface area contributed by atoms with Crippen molar-refractivity contribution in [2.75, 3.05) is 14.2 Å². The van der Waals surface area contributed by atoms with Gasteiger partial charge in [-0.3, -0.25) is 0 Å². The molecule has 3 heteroatoms. The molecule has 0 aromatic heterocycles. The molecule has 0 atom stereocenters. The molecule has 0 aliphatic carbocycles. The van der Waals surface area contributed by atoms with Crippen LogP contribution in [0.5, 0.6) is 5.75 Å². The molecule has 0 aliphatic rings. The normalized spacial score (nSPS) is 10.2. The molecule has 0 unspecified atom stereocenters. The van der Waals surface area contributed by atoms with E-state index in [9.17, 15) is 0 Å². The lowest BCUT2D eigenvalue weighted by Crippen LogP contribution is -1.84. The van der Waals surface area contributed by atoms with Gasteiger partial charge in [-0.15, -0.1) is 0 Å². The molecule has 1 aromatic rings. The Morgan fingerprint density at radius 2 is 1.83 bits per heavy atom. The van der Waals surface area contributed by atoms with E-state index >= 15 is 0 Å². The zero-order chi connectivity index (χ0) is 8.81. The number of oxime groups is 1. The Morgan fingerprint density at radius 3 is 2.33 bits per heavy atom. The Kier molecular flexibility index (Phi) is 3.14. The van der Waals surface area contributed by atoms with Gasteiger partial charge in [0.05, 0.1) is 13.3 Å². The van der Waals surface area contributed by atoms with E-state index in [1.807, 2.05) is 24.3 Å². The summed E-state index contributed by atoms with van der Waals surface area (Å²) >= 11 is 0. The first kappa shape index (κ1) is 8.59. The van der Waals surface area contributed by atoms with Crippen LogP contribution in [0.3, 0.4) is 0 Å². The van der Waals surface area contributed by atoms with Crippen molar-refractivity contribution in [2.24, 2.45) is 5.16 Å². The molecule has 0 N–H and O–H groups in total. The molecule has 64 valence electrons. The van der Waals surface area contributed by atoms with Crippen LogP contribution in [0, 0.1) is 0 Å². The molecule has 1 rings (SSSR count). The van der Waals surface area contributed by atoms with E-state index < -0.39 is 0 Å². The van der Waals surface area contributed by atoms with Gasteiger partial charge in [-0.25, -0.2) is 0 Å². The molecule has 0 radical (unpaired) electrons. The fraction of sp³-hybridized carbons (Fsp3) is 0.222. The van der Waals surface area contributed by atoms with E-state index in [2.05, 4.69) is 9.99 Å². The molecule has 0 fully saturated rings. The maximum Gasteiger partial charge on any atom is 0.118 e. The summed E-state index contributed by atoms with van der Waals surface area (Å²) in [6.45, 7) is 0. The highest BCUT2D eigenvalue weighted by Crippen LogP contribution is 2.09. The van der Waals surface area contributed by atoms with Gasteiger partial charge in [0.25, 0.3) is 0 Å². The van der Waals surface area contributed by atoms with Crippen molar-refractivity contribution in [3.05, 3.63) is 29.8 Å². The predicted octanol–water partition coefficient (Wildman–Crippen LogP) is 1.68. The second-order valence-corrected chi connectivity index (χ2v) is 2.19. The van der Waals surface area contributed by atoms with Crippen LogP contribution >= 0.6 is 0 Å². The third kappa shape index (κ3) is 2.27. The lowest BCUT2D eigenvalue weighted by atomic mass is 10.2. The maximum atomic E-state index is 5.00. The van der Waals surface area contributed by atoms with Gasteiger partial charge in [0.15, 0.2) is 0 Å². The predicted molar refractivity (Wildman–Crippen MR) is 47.6 cm³/mol. The third-order valence-corrected chi connectivity index (χ3v) is 1.42. The topological polar surface area (TPSA) is 30.8 Å². The van der Waals surface area contributed by atoms with E-state index in [-0.39, 0.29) is 0 Å². The number of nitrogens with zero attached hydrogens (tertiary/aromatic N) is 1. The highest BCUT2D eigenvalue weighted by atomic mass is 16.6. The van der Waals surface area contributed by atoms with Crippen LogP contribution in [-0.2, 0) is 4.84 Å². The summed E-state index contributed by atoms with van der Waals surface area (Å²) in [5, 5.41) is 3.63. The van der Waals surface area contributed by atoms with Crippen molar-refractivity contribution in [1.82, 2.24) is 0 Å². The maximum absolute atomic E-state index is 5.00. The fourth-order valence-corrected chi connectivity index (χ4v) is 0.804. The Bertz CT molecular complexity index is 254. The molecule has 0 aliphatic heterocycles. The van der Waals surface area contributed by atoms with Gasteiger partial charge in [-0.05, 0) is 29.8 Å². The van der Waals surface area contributed by atoms with E-state index in [4.69, 9.17) is 4.74 Å². The van der Waals surface area contributed by atoms with Crippen molar-refractivity contribution in [3.8, 4) is 5.75 Å². The van der Waals surface area contributed by atoms with E-state index in [0.29, 0.717) is 0 Å². The van der Waals surface area contributed by atoms with Crippen LogP contribution in [0.25, 0.3) is 0 Å². The summed E-state index contributed by atoms with van der Waals surface area (Å²) in [4.78, 5) is 4.54. The largest absolute Gasteiger partial charge is 0.497 e. The molecule has 12 heavy (non-hydrogen) atoms. The smallest absolute Gasteiger partial charge is 0.118 e. The molecular formula is C9H11NO2. The highest BCUT2D eigenvalue weighted by Gasteiger charge is 1.89. The van der Waals surface area contributed by atoms with Crippen LogP contribution < -0.4 is 4.74 Å². The number of hydrogen-bond acceptors (Lipinski definition) is 3. The Hall–Kier alpha value is -1.51. The quantitative estimate of drug-likeness (QED) is 0.504. The summed E-state index contributed by atoms with van der Waals surface area (Å²) in [5.41, 5.74) is 0.984. The zero-order valence-electron chi connectivity index (χ0n) is 7.15. The van der Waals surface area contributed by atoms with Crippen LogP contribution in [0.1, 0.15) is 5.56 Å². The number of rotatable bonds is 3. The monoisotopic (exact) mass is 165 g/mol. The van der Waals surface area contributed by atoms with Crippen LogP contribution in [0.2, 0.25) is 0 Å². The molecule has 0 saturated carbocycles. The van der Waals surface area contributed by atoms with Crippen LogP contribution in [0.15, 0.2) is 29.4 Å². The molecule has 0 saturated heterocycles. The minimum Gasteiger partial charge on any atom is -0.497 e. The van der Waals surface area contributed by atoms with Gasteiger partial charge < -0.3 is 9.57 Å². The van der Waals surface area contributed by atoms with Gasteiger partial charge in [-0.2, -0.15) is 0 Å². The second kappa shape index (κ2) is 4.38. The molecular weight excluding hydrogens is 154 g/mol. The van der Waals surface area contributed by atoms with Gasteiger partial charge in [0.1, 0.15) is 12.9 Å². The van der Waals surface area contributed by atoms with E-state index in [1.54, 1.807) is 13.3 Å². The Morgan fingerprint density at radius 1 is 1.17 bits per heavy atom. The molecule has 0 amide bonds. The average molecular weight is 165 g/mol. The number of ether oxygens (including phenoxy) is 1. The first-order valence-corrected chi connectivity index (χ1v) is 3.57. The lowest BCUT2D eigenvalue weighted by Gasteiger charge is -1.97. The standard InChI is InChI=1S/C9H11NO2/c1-11-9-5-3-8(4-6-9)7-10-12-2/h3-7H,1-2H3/b10-7-. The molecule has 0 heterocycles. The molecule has 3 nitrogen and oxygen atoms in total. The van der Waals surface area contributed by atoms with Crippen molar-refractivity contribution >= 4 is 6.21 Å². The number of hydrogen-bond donors (Lipinski definition) is 0. The molecule has 1 aromatic carbocycles. The highest BCUT2D eigenvalue weighted by molar-refractivity contribution is 5.79. The Labute approximate surface area is 71.6 Å². The van der Waals surface area contributed by atoms with Crippen molar-refractivity contribution in [3.63, 3.8) is 0 Å². The summed E-state index contributed by atoms with van der Waals surface area (Å²) < 4.78 is 5.00. The molecule has 0 spiro atoms. The van der Waals surface area contributed by atoms with E-state index in [0.717, 1.165) is 11.3 Å². The van der Waals surface area contributed by atoms with Gasteiger partial charge in [-0.1, -0.05) is 5.16 Å². The SMILES string of the molecule is CO/N=C\c1ccc(OC)cc1. The fourth-order valence-electron chi connectivity index (χ4n) is 0.804. The number of methoxy groups -OCH3 is 1. The zero-order valence-corrected chi connectivity index (χ0v) is 7.15. The first-order valence-electron chi connectivity index (χ1n) is 3.57. The molecule has 0 bridgehead atoms. The van der Waals surface area contributed by atoms with Crippen molar-refractivity contribution < 1.29 is 9.57 Å². The summed E-state index contributed by atoms with van der Waals surface area (Å²) in [6.07, 6.45) is 1.64. The summed E-state index contributed by atoms with van der Waals surface area (Å²) in [7, 11) is 3.15. The summed E-state index contributed by atoms with van der Waals surface area (Å²) in [5.74, 6) is 0.838. The first-order chi connectivity index (χ1) is 5.86. The lowest BCUT2D eigenvalue weighted by molar-refractivity contribution is 0.215. The minimum absolute atomic E-state index is 0.838. The van der Waals surface area contributed by atoms with Gasteiger partial charge in [0, 0.05) is 0 Å². The van der Waals surface area contributed by atoms with E-state index in [1.165, 1.54) is 7.11 Å². The minimum atomic E-state index is 0.838.